The fraction of sp³-hybridized carbons (Fsp3) is 0.133. The van der Waals surface area contributed by atoms with Gasteiger partial charge in [0.15, 0.2) is 6.29 Å². The Morgan fingerprint density at radius 3 is 2.67 bits per heavy atom. The minimum absolute atomic E-state index is 0.00883. The van der Waals surface area contributed by atoms with Crippen LogP contribution < -0.4 is 4.74 Å². The van der Waals surface area contributed by atoms with Crippen molar-refractivity contribution in [3.05, 3.63) is 67.7 Å². The molecule has 2 aromatic rings. The summed E-state index contributed by atoms with van der Waals surface area (Å²) in [7, 11) is 0. The number of nitrogens with zero attached hydrogens (tertiary/aromatic N) is 1. The van der Waals surface area contributed by atoms with E-state index in [0.29, 0.717) is 15.8 Å². The van der Waals surface area contributed by atoms with Gasteiger partial charge in [0, 0.05) is 22.2 Å². The van der Waals surface area contributed by atoms with E-state index in [-0.39, 0.29) is 12.3 Å². The number of hydrogen-bond donors (Lipinski definition) is 0. The second-order valence-corrected chi connectivity index (χ2v) is 5.33. The van der Waals surface area contributed by atoms with Crippen LogP contribution in [0.5, 0.6) is 5.75 Å². The molecule has 0 aliphatic carbocycles. The zero-order chi connectivity index (χ0) is 15.4. The molecule has 0 amide bonds. The highest BCUT2D eigenvalue weighted by Crippen LogP contribution is 2.25. The van der Waals surface area contributed by atoms with E-state index in [9.17, 15) is 14.9 Å². The Kier molecular flexibility index (Phi) is 4.70. The van der Waals surface area contributed by atoms with Gasteiger partial charge in [-0.05, 0) is 25.1 Å². The zero-order valence-corrected chi connectivity index (χ0v) is 12.8. The molecule has 0 radical (unpaired) electrons. The molecule has 0 aliphatic heterocycles. The molecule has 0 heterocycles. The van der Waals surface area contributed by atoms with E-state index >= 15 is 0 Å². The number of benzene rings is 2. The van der Waals surface area contributed by atoms with Gasteiger partial charge in [0.1, 0.15) is 12.4 Å². The average Bonchev–Trinajstić information content (AvgIpc) is 2.46. The summed E-state index contributed by atoms with van der Waals surface area (Å²) >= 11 is 3.28. The molecular weight excluding hydrogens is 338 g/mol. The molecule has 0 spiro atoms. The number of non-ortho nitro benzene ring substituents is 1. The van der Waals surface area contributed by atoms with E-state index in [2.05, 4.69) is 15.9 Å². The summed E-state index contributed by atoms with van der Waals surface area (Å²) in [5, 5.41) is 10.7. The number of rotatable bonds is 5. The fourth-order valence-electron chi connectivity index (χ4n) is 1.81. The van der Waals surface area contributed by atoms with E-state index in [0.717, 1.165) is 17.4 Å². The van der Waals surface area contributed by atoms with Crippen LogP contribution in [0.15, 0.2) is 40.9 Å². The standard InChI is InChI=1S/C15H12BrNO4/c1-10-2-5-15(12(6-10)8-18)21-9-11-3-4-13(17(19)20)7-14(11)16/h2-8H,9H2,1H3. The summed E-state index contributed by atoms with van der Waals surface area (Å²) in [5.41, 5.74) is 2.22. The largest absolute Gasteiger partial charge is 0.488 e. The first-order valence-electron chi connectivity index (χ1n) is 6.12. The van der Waals surface area contributed by atoms with Crippen molar-refractivity contribution < 1.29 is 14.5 Å². The third-order valence-electron chi connectivity index (χ3n) is 2.92. The van der Waals surface area contributed by atoms with Crippen LogP contribution >= 0.6 is 15.9 Å². The molecule has 21 heavy (non-hydrogen) atoms. The summed E-state index contributed by atoms with van der Waals surface area (Å²) in [6.07, 6.45) is 0.743. The Morgan fingerprint density at radius 1 is 1.29 bits per heavy atom. The van der Waals surface area contributed by atoms with Crippen LogP contribution in [0.25, 0.3) is 0 Å². The molecule has 108 valence electrons. The Labute approximate surface area is 129 Å². The number of ether oxygens (including phenoxy) is 1. The first-order valence-corrected chi connectivity index (χ1v) is 6.92. The smallest absolute Gasteiger partial charge is 0.270 e. The summed E-state index contributed by atoms with van der Waals surface area (Å²) in [4.78, 5) is 21.2. The zero-order valence-electron chi connectivity index (χ0n) is 11.2. The first kappa shape index (κ1) is 15.2. The van der Waals surface area contributed by atoms with Crippen molar-refractivity contribution in [3.63, 3.8) is 0 Å². The molecule has 0 saturated carbocycles. The molecule has 0 unspecified atom stereocenters. The SMILES string of the molecule is Cc1ccc(OCc2ccc([N+](=O)[O-])cc2Br)c(C=O)c1. The van der Waals surface area contributed by atoms with Gasteiger partial charge in [-0.1, -0.05) is 27.6 Å². The molecule has 0 aliphatic rings. The van der Waals surface area contributed by atoms with Crippen LogP contribution in [-0.2, 0) is 6.61 Å². The number of nitro benzene ring substituents is 1. The summed E-state index contributed by atoms with van der Waals surface area (Å²) in [6.45, 7) is 2.10. The summed E-state index contributed by atoms with van der Waals surface area (Å²) in [5.74, 6) is 0.487. The molecule has 2 aromatic carbocycles. The number of carbonyl (C=O) groups is 1. The molecule has 5 nitrogen and oxygen atoms in total. The molecule has 2 rings (SSSR count). The second-order valence-electron chi connectivity index (χ2n) is 4.48. The lowest BCUT2D eigenvalue weighted by Gasteiger charge is -2.10. The van der Waals surface area contributed by atoms with E-state index in [1.807, 2.05) is 13.0 Å². The monoisotopic (exact) mass is 349 g/mol. The summed E-state index contributed by atoms with van der Waals surface area (Å²) < 4.78 is 6.21. The van der Waals surface area contributed by atoms with Crippen LogP contribution in [0, 0.1) is 17.0 Å². The second kappa shape index (κ2) is 6.49. The van der Waals surface area contributed by atoms with Crippen LogP contribution in [0.3, 0.4) is 0 Å². The Balaban J connectivity index is 2.17. The van der Waals surface area contributed by atoms with Crippen LogP contribution in [-0.4, -0.2) is 11.2 Å². The molecule has 0 fully saturated rings. The van der Waals surface area contributed by atoms with Crippen molar-refractivity contribution in [1.29, 1.82) is 0 Å². The quantitative estimate of drug-likeness (QED) is 0.463. The minimum atomic E-state index is -0.458. The highest BCUT2D eigenvalue weighted by Gasteiger charge is 2.10. The average molecular weight is 350 g/mol. The van der Waals surface area contributed by atoms with Gasteiger partial charge in [0.2, 0.25) is 0 Å². The van der Waals surface area contributed by atoms with Gasteiger partial charge in [0.05, 0.1) is 10.5 Å². The maximum atomic E-state index is 11.0. The number of carbonyl (C=O) groups excluding carboxylic acids is 1. The van der Waals surface area contributed by atoms with E-state index in [1.54, 1.807) is 18.2 Å². The van der Waals surface area contributed by atoms with Crippen LogP contribution in [0.2, 0.25) is 0 Å². The summed E-state index contributed by atoms with van der Waals surface area (Å²) in [6, 6.07) is 9.80. The van der Waals surface area contributed by atoms with Crippen molar-refractivity contribution in [2.75, 3.05) is 0 Å². The van der Waals surface area contributed by atoms with Gasteiger partial charge in [-0.2, -0.15) is 0 Å². The van der Waals surface area contributed by atoms with Gasteiger partial charge in [-0.3, -0.25) is 14.9 Å². The molecule has 0 saturated heterocycles. The first-order chi connectivity index (χ1) is 10.0. The normalized spacial score (nSPS) is 10.2. The van der Waals surface area contributed by atoms with E-state index < -0.39 is 4.92 Å². The van der Waals surface area contributed by atoms with Gasteiger partial charge in [0.25, 0.3) is 5.69 Å². The van der Waals surface area contributed by atoms with Crippen molar-refractivity contribution >= 4 is 27.9 Å². The molecule has 0 aromatic heterocycles. The van der Waals surface area contributed by atoms with Crippen molar-refractivity contribution in [1.82, 2.24) is 0 Å². The lowest BCUT2D eigenvalue weighted by atomic mass is 10.1. The predicted octanol–water partition coefficient (Wildman–Crippen LogP) is 4.06. The topological polar surface area (TPSA) is 69.4 Å². The molecule has 0 N–H and O–H groups in total. The highest BCUT2D eigenvalue weighted by molar-refractivity contribution is 9.10. The Morgan fingerprint density at radius 2 is 2.05 bits per heavy atom. The lowest BCUT2D eigenvalue weighted by Crippen LogP contribution is -2.00. The number of hydrogen-bond acceptors (Lipinski definition) is 4. The van der Waals surface area contributed by atoms with Gasteiger partial charge in [-0.25, -0.2) is 0 Å². The van der Waals surface area contributed by atoms with Crippen LogP contribution in [0.1, 0.15) is 21.5 Å². The lowest BCUT2D eigenvalue weighted by molar-refractivity contribution is -0.384. The Hall–Kier alpha value is -2.21. The maximum Gasteiger partial charge on any atom is 0.270 e. The van der Waals surface area contributed by atoms with E-state index in [4.69, 9.17) is 4.74 Å². The molecule has 6 heteroatoms. The van der Waals surface area contributed by atoms with Gasteiger partial charge >= 0.3 is 0 Å². The molecule has 0 bridgehead atoms. The fourth-order valence-corrected chi connectivity index (χ4v) is 2.29. The maximum absolute atomic E-state index is 11.0. The number of nitro groups is 1. The van der Waals surface area contributed by atoms with Gasteiger partial charge in [-0.15, -0.1) is 0 Å². The predicted molar refractivity (Wildman–Crippen MR) is 81.7 cm³/mol. The van der Waals surface area contributed by atoms with Crippen molar-refractivity contribution in [2.45, 2.75) is 13.5 Å². The van der Waals surface area contributed by atoms with E-state index in [1.165, 1.54) is 12.1 Å². The third-order valence-corrected chi connectivity index (χ3v) is 3.66. The third kappa shape index (κ3) is 3.66. The molecule has 0 atom stereocenters. The van der Waals surface area contributed by atoms with Crippen molar-refractivity contribution in [2.24, 2.45) is 0 Å². The molecular formula is C15H12BrNO4. The van der Waals surface area contributed by atoms with Crippen molar-refractivity contribution in [3.8, 4) is 5.75 Å². The highest BCUT2D eigenvalue weighted by atomic mass is 79.9. The minimum Gasteiger partial charge on any atom is -0.488 e. The number of halogens is 1. The number of aldehydes is 1. The van der Waals surface area contributed by atoms with Crippen LogP contribution in [0.4, 0.5) is 5.69 Å². The van der Waals surface area contributed by atoms with Gasteiger partial charge < -0.3 is 4.74 Å². The number of aryl methyl sites for hydroxylation is 1. The Bertz CT molecular complexity index is 700.